The fourth-order valence-corrected chi connectivity index (χ4v) is 2.79. The quantitative estimate of drug-likeness (QED) is 0.359. The van der Waals surface area contributed by atoms with E-state index >= 15 is 0 Å². The summed E-state index contributed by atoms with van der Waals surface area (Å²) in [5.41, 5.74) is 1.02. The first-order valence-corrected chi connectivity index (χ1v) is 7.46. The van der Waals surface area contributed by atoms with Crippen LogP contribution in [-0.2, 0) is 27.5 Å². The second-order valence-corrected chi connectivity index (χ2v) is 5.59. The Balaban J connectivity index is 1.70. The minimum absolute atomic E-state index is 0.0424. The summed E-state index contributed by atoms with van der Waals surface area (Å²) in [6.07, 6.45) is 6.36. The van der Waals surface area contributed by atoms with Crippen molar-refractivity contribution in [3.8, 4) is 5.75 Å². The number of esters is 1. The van der Waals surface area contributed by atoms with Crippen LogP contribution in [0, 0.1) is 16.0 Å². The number of ether oxygens (including phenoxy) is 3. The van der Waals surface area contributed by atoms with Gasteiger partial charge < -0.3 is 14.2 Å². The Hall–Kier alpha value is -2.41. The van der Waals surface area contributed by atoms with Gasteiger partial charge >= 0.3 is 5.97 Å². The fraction of sp³-hybridized carbons (Fsp3) is 0.438. The number of hydrogen-bond donors (Lipinski definition) is 0. The highest BCUT2D eigenvalue weighted by atomic mass is 16.7. The number of benzene rings is 1. The van der Waals surface area contributed by atoms with Crippen molar-refractivity contribution in [2.75, 3.05) is 6.79 Å². The Bertz CT molecular complexity index is 654. The van der Waals surface area contributed by atoms with Gasteiger partial charge in [0, 0.05) is 23.3 Å². The van der Waals surface area contributed by atoms with E-state index in [4.69, 9.17) is 14.2 Å². The van der Waals surface area contributed by atoms with Crippen LogP contribution in [0.1, 0.15) is 30.4 Å². The summed E-state index contributed by atoms with van der Waals surface area (Å²) in [7, 11) is 0. The molecule has 23 heavy (non-hydrogen) atoms. The molecule has 1 atom stereocenters. The minimum atomic E-state index is -0.483. The molecule has 0 spiro atoms. The number of nitro groups is 1. The standard InChI is InChI=1S/C16H17NO6/c18-15(5-11-3-1-2-4-11)22-9-13-7-14(17(19)20)6-12-8-21-10-23-16(12)13/h1,3,6-7,11H,2,4-5,8-10H2/t11-/m0/s1. The van der Waals surface area contributed by atoms with Crippen LogP contribution in [0.4, 0.5) is 5.69 Å². The van der Waals surface area contributed by atoms with E-state index in [-0.39, 0.29) is 37.6 Å². The predicted molar refractivity (Wildman–Crippen MR) is 79.7 cm³/mol. The molecular weight excluding hydrogens is 302 g/mol. The van der Waals surface area contributed by atoms with Crippen molar-refractivity contribution in [1.82, 2.24) is 0 Å². The highest BCUT2D eigenvalue weighted by Crippen LogP contribution is 2.33. The highest BCUT2D eigenvalue weighted by molar-refractivity contribution is 5.70. The zero-order valence-electron chi connectivity index (χ0n) is 12.5. The van der Waals surface area contributed by atoms with Crippen LogP contribution in [0.15, 0.2) is 24.3 Å². The van der Waals surface area contributed by atoms with Gasteiger partial charge in [-0.1, -0.05) is 12.2 Å². The van der Waals surface area contributed by atoms with Crippen LogP contribution in [-0.4, -0.2) is 17.7 Å². The maximum atomic E-state index is 11.9. The van der Waals surface area contributed by atoms with E-state index in [2.05, 4.69) is 6.08 Å². The number of carbonyl (C=O) groups excluding carboxylic acids is 1. The Labute approximate surface area is 133 Å². The first-order valence-electron chi connectivity index (χ1n) is 7.46. The van der Waals surface area contributed by atoms with E-state index in [1.807, 2.05) is 6.08 Å². The zero-order valence-corrected chi connectivity index (χ0v) is 12.5. The molecule has 0 saturated carbocycles. The highest BCUT2D eigenvalue weighted by Gasteiger charge is 2.22. The van der Waals surface area contributed by atoms with Crippen molar-refractivity contribution < 1.29 is 23.9 Å². The number of fused-ring (bicyclic) bond motifs is 1. The lowest BCUT2D eigenvalue weighted by atomic mass is 10.1. The predicted octanol–water partition coefficient (Wildman–Crippen LogP) is 2.86. The molecule has 3 rings (SSSR count). The van der Waals surface area contributed by atoms with E-state index in [0.717, 1.165) is 12.8 Å². The van der Waals surface area contributed by atoms with Gasteiger partial charge in [0.2, 0.25) is 0 Å². The van der Waals surface area contributed by atoms with Crippen molar-refractivity contribution in [3.05, 3.63) is 45.5 Å². The largest absolute Gasteiger partial charge is 0.467 e. The minimum Gasteiger partial charge on any atom is -0.467 e. The van der Waals surface area contributed by atoms with Crippen LogP contribution in [0.3, 0.4) is 0 Å². The van der Waals surface area contributed by atoms with Crippen molar-refractivity contribution in [1.29, 1.82) is 0 Å². The van der Waals surface area contributed by atoms with Gasteiger partial charge in [-0.15, -0.1) is 0 Å². The molecule has 7 nitrogen and oxygen atoms in total. The summed E-state index contributed by atoms with van der Waals surface area (Å²) in [6.45, 7) is 0.280. The number of rotatable bonds is 5. The van der Waals surface area contributed by atoms with E-state index < -0.39 is 4.92 Å². The van der Waals surface area contributed by atoms with Crippen molar-refractivity contribution >= 4 is 11.7 Å². The van der Waals surface area contributed by atoms with E-state index in [0.29, 0.717) is 23.3 Å². The maximum absolute atomic E-state index is 11.9. The summed E-state index contributed by atoms with van der Waals surface area (Å²) in [5, 5.41) is 11.0. The third-order valence-corrected chi connectivity index (χ3v) is 3.91. The van der Waals surface area contributed by atoms with E-state index in [1.54, 1.807) is 0 Å². The summed E-state index contributed by atoms with van der Waals surface area (Å²) in [6, 6.07) is 2.80. The second-order valence-electron chi connectivity index (χ2n) is 5.59. The average Bonchev–Trinajstić information content (AvgIpc) is 3.05. The van der Waals surface area contributed by atoms with Gasteiger partial charge in [-0.2, -0.15) is 0 Å². The lowest BCUT2D eigenvalue weighted by Crippen LogP contribution is -2.15. The second kappa shape index (κ2) is 6.78. The third kappa shape index (κ3) is 3.68. The van der Waals surface area contributed by atoms with Crippen LogP contribution in [0.25, 0.3) is 0 Å². The first-order chi connectivity index (χ1) is 11.1. The lowest BCUT2D eigenvalue weighted by Gasteiger charge is -2.20. The molecule has 0 amide bonds. The summed E-state index contributed by atoms with van der Waals surface area (Å²) in [4.78, 5) is 22.4. The topological polar surface area (TPSA) is 87.9 Å². The molecule has 1 heterocycles. The Morgan fingerprint density at radius 2 is 2.30 bits per heavy atom. The van der Waals surface area contributed by atoms with Crippen LogP contribution in [0.2, 0.25) is 0 Å². The Kier molecular flexibility index (Phi) is 4.57. The van der Waals surface area contributed by atoms with Gasteiger partial charge in [-0.25, -0.2) is 0 Å². The molecule has 0 fully saturated rings. The monoisotopic (exact) mass is 319 g/mol. The molecule has 0 bridgehead atoms. The van der Waals surface area contributed by atoms with E-state index in [1.165, 1.54) is 12.1 Å². The fourth-order valence-electron chi connectivity index (χ4n) is 2.79. The van der Waals surface area contributed by atoms with E-state index in [9.17, 15) is 14.9 Å². The molecule has 1 aromatic carbocycles. The maximum Gasteiger partial charge on any atom is 0.306 e. The molecule has 0 saturated heterocycles. The lowest BCUT2D eigenvalue weighted by molar-refractivity contribution is -0.385. The first kappa shape index (κ1) is 15.5. The number of allylic oxidation sites excluding steroid dienone is 2. The van der Waals surface area contributed by atoms with Gasteiger partial charge in [0.1, 0.15) is 12.4 Å². The molecule has 0 radical (unpaired) electrons. The number of nitrogens with zero attached hydrogens (tertiary/aromatic N) is 1. The van der Waals surface area contributed by atoms with Crippen molar-refractivity contribution in [2.45, 2.75) is 32.5 Å². The van der Waals surface area contributed by atoms with Gasteiger partial charge in [0.05, 0.1) is 18.0 Å². The Morgan fingerprint density at radius 1 is 1.43 bits per heavy atom. The number of non-ortho nitro benzene ring substituents is 1. The van der Waals surface area contributed by atoms with Crippen molar-refractivity contribution in [3.63, 3.8) is 0 Å². The molecular formula is C16H17NO6. The average molecular weight is 319 g/mol. The SMILES string of the molecule is O=C(C[C@H]1C=CCC1)OCc1cc([N+](=O)[O-])cc2c1OCOC2. The molecule has 0 N–H and O–H groups in total. The number of nitro benzene ring substituents is 1. The summed E-state index contributed by atoms with van der Waals surface area (Å²) < 4.78 is 15.8. The normalized spacial score (nSPS) is 19.0. The van der Waals surface area contributed by atoms with Gasteiger partial charge in [-0.05, 0) is 18.8 Å². The molecule has 122 valence electrons. The van der Waals surface area contributed by atoms with Crippen LogP contribution < -0.4 is 4.74 Å². The van der Waals surface area contributed by atoms with Gasteiger partial charge in [0.25, 0.3) is 5.69 Å². The molecule has 2 aliphatic rings. The summed E-state index contributed by atoms with van der Waals surface area (Å²) >= 11 is 0. The van der Waals surface area contributed by atoms with Gasteiger partial charge in [-0.3, -0.25) is 14.9 Å². The third-order valence-electron chi connectivity index (χ3n) is 3.91. The molecule has 0 aromatic heterocycles. The molecule has 0 unspecified atom stereocenters. The van der Waals surface area contributed by atoms with Gasteiger partial charge in [0.15, 0.2) is 6.79 Å². The number of hydrogen-bond acceptors (Lipinski definition) is 6. The molecule has 7 heteroatoms. The van der Waals surface area contributed by atoms with Crippen LogP contribution in [0.5, 0.6) is 5.75 Å². The Morgan fingerprint density at radius 3 is 3.04 bits per heavy atom. The molecule has 1 aromatic rings. The molecule has 1 aliphatic heterocycles. The van der Waals surface area contributed by atoms with Crippen LogP contribution >= 0.6 is 0 Å². The number of carbonyl (C=O) groups is 1. The zero-order chi connectivity index (χ0) is 16.2. The summed E-state index contributed by atoms with van der Waals surface area (Å²) in [5.74, 6) is 0.426. The smallest absolute Gasteiger partial charge is 0.306 e. The van der Waals surface area contributed by atoms with Crippen molar-refractivity contribution in [2.24, 2.45) is 5.92 Å². The molecule has 1 aliphatic carbocycles.